The van der Waals surface area contributed by atoms with Crippen molar-refractivity contribution in [2.24, 2.45) is 11.8 Å². The second-order valence-electron chi connectivity index (χ2n) is 15.0. The second kappa shape index (κ2) is 16.1. The lowest BCUT2D eigenvalue weighted by atomic mass is 9.90. The molecular formula is C33H63NO6Si2. The predicted octanol–water partition coefficient (Wildman–Crippen LogP) is 7.96. The van der Waals surface area contributed by atoms with Gasteiger partial charge in [0, 0.05) is 13.0 Å². The fourth-order valence-corrected chi connectivity index (χ4v) is 12.7. The van der Waals surface area contributed by atoms with Crippen LogP contribution in [0.1, 0.15) is 109 Å². The highest BCUT2D eigenvalue weighted by molar-refractivity contribution is 6.79. The molecule has 9 heteroatoms. The average Bonchev–Trinajstić information content (AvgIpc) is 2.85. The lowest BCUT2D eigenvalue weighted by Crippen LogP contribution is -2.54. The number of allylic oxidation sites excluding steroid dienone is 2. The lowest BCUT2D eigenvalue weighted by Gasteiger charge is -2.44. The molecule has 1 heterocycles. The number of rotatable bonds is 15. The summed E-state index contributed by atoms with van der Waals surface area (Å²) < 4.78 is 19.5. The Hall–Kier alpha value is -1.30. The van der Waals surface area contributed by atoms with Crippen LogP contribution < -0.4 is 5.32 Å². The largest absolute Gasteiger partial charge is 0.518 e. The van der Waals surface area contributed by atoms with Gasteiger partial charge in [0.25, 0.3) is 14.3 Å². The van der Waals surface area contributed by atoms with Crippen LogP contribution in [-0.2, 0) is 28.0 Å². The van der Waals surface area contributed by atoms with Gasteiger partial charge in [0.1, 0.15) is 0 Å². The molecule has 0 aliphatic carbocycles. The Bertz CT molecular complexity index is 902. The minimum Gasteiger partial charge on any atom is -0.518 e. The quantitative estimate of drug-likeness (QED) is 0.147. The number of ether oxygens (including phenoxy) is 1. The van der Waals surface area contributed by atoms with Crippen LogP contribution in [0.15, 0.2) is 12.2 Å². The van der Waals surface area contributed by atoms with E-state index in [2.05, 4.69) is 87.6 Å². The molecule has 0 bridgehead atoms. The molecule has 1 fully saturated rings. The van der Waals surface area contributed by atoms with Crippen molar-refractivity contribution in [2.75, 3.05) is 6.54 Å². The third kappa shape index (κ3) is 10.4. The molecule has 1 N–H and O–H groups in total. The van der Waals surface area contributed by atoms with Crippen LogP contribution in [0, 0.1) is 11.8 Å². The molecule has 5 atom stereocenters. The van der Waals surface area contributed by atoms with Gasteiger partial charge < -0.3 is 18.9 Å². The van der Waals surface area contributed by atoms with E-state index in [0.29, 0.717) is 6.42 Å². The monoisotopic (exact) mass is 625 g/mol. The molecule has 0 unspecified atom stereocenters. The molecule has 1 saturated heterocycles. The van der Waals surface area contributed by atoms with E-state index in [1.165, 1.54) is 0 Å². The third-order valence-electron chi connectivity index (χ3n) is 9.78. The van der Waals surface area contributed by atoms with Crippen LogP contribution in [0.5, 0.6) is 0 Å². The number of hydrogen-bond acceptors (Lipinski definition) is 6. The van der Waals surface area contributed by atoms with E-state index in [1.54, 1.807) is 12.2 Å². The number of amides is 1. The zero-order valence-electron chi connectivity index (χ0n) is 29.3. The van der Waals surface area contributed by atoms with Crippen LogP contribution >= 0.6 is 0 Å². The Balaban J connectivity index is 3.09. The minimum absolute atomic E-state index is 0.0474. The van der Waals surface area contributed by atoms with Gasteiger partial charge >= 0.3 is 0 Å². The third-order valence-corrected chi connectivity index (χ3v) is 20.3. The van der Waals surface area contributed by atoms with Gasteiger partial charge in [-0.3, -0.25) is 14.4 Å². The molecule has 0 radical (unpaired) electrons. The number of nitrogens with one attached hydrogen (secondary N) is 1. The van der Waals surface area contributed by atoms with E-state index in [4.69, 9.17) is 13.6 Å². The zero-order valence-corrected chi connectivity index (χ0v) is 31.3. The van der Waals surface area contributed by atoms with Crippen LogP contribution in [0.4, 0.5) is 0 Å². The SMILES string of the molecule is C/C=C/C(=O)C[C@@H]1CC[C@H](C)[C@@H](CC(=O)NC[C@@H](O[Si](C)(C)C(C)(C)C)[C@@H](C)C(=O)O[Si](C(C)C)(C(C)C)C(C)C)O1. The molecule has 42 heavy (non-hydrogen) atoms. The summed E-state index contributed by atoms with van der Waals surface area (Å²) in [7, 11) is -4.69. The summed E-state index contributed by atoms with van der Waals surface area (Å²) in [6.07, 6.45) is 4.69. The van der Waals surface area contributed by atoms with Gasteiger partial charge in [-0.15, -0.1) is 0 Å². The van der Waals surface area contributed by atoms with Gasteiger partial charge in [0.15, 0.2) is 14.1 Å². The highest BCUT2D eigenvalue weighted by Gasteiger charge is 2.50. The highest BCUT2D eigenvalue weighted by Crippen LogP contribution is 2.43. The van der Waals surface area contributed by atoms with Crippen molar-refractivity contribution in [2.45, 2.75) is 162 Å². The highest BCUT2D eigenvalue weighted by atomic mass is 28.4. The van der Waals surface area contributed by atoms with Crippen molar-refractivity contribution in [3.63, 3.8) is 0 Å². The molecule has 1 aliphatic heterocycles. The van der Waals surface area contributed by atoms with Crippen molar-refractivity contribution >= 4 is 34.3 Å². The predicted molar refractivity (Wildman–Crippen MR) is 177 cm³/mol. The van der Waals surface area contributed by atoms with Gasteiger partial charge in [-0.1, -0.05) is 75.3 Å². The Morgan fingerprint density at radius 3 is 1.98 bits per heavy atom. The molecule has 0 saturated carbocycles. The summed E-state index contributed by atoms with van der Waals surface area (Å²) in [5.74, 6) is -0.626. The maximum absolute atomic E-state index is 13.8. The number of hydrogen-bond donors (Lipinski definition) is 1. The standard InChI is InChI=1S/C33H63NO6Si2/c1-15-16-27(35)19-28-18-17-25(8)29(38-28)20-31(36)34-21-30(39-41(13,14)33(10,11)12)26(9)32(37)40-42(22(2)3,23(4)5)24(6)7/h15-16,22-26,28-30H,17-21H2,1-14H3,(H,34,36)/b16-15+/t25-,26+,28-,29+,30+/m0/s1. The summed E-state index contributed by atoms with van der Waals surface area (Å²) in [5.41, 5.74) is 0.841. The van der Waals surface area contributed by atoms with E-state index in [0.717, 1.165) is 12.8 Å². The topological polar surface area (TPSA) is 90.9 Å². The Labute approximate surface area is 259 Å². The van der Waals surface area contributed by atoms with Crippen molar-refractivity contribution in [3.8, 4) is 0 Å². The Morgan fingerprint density at radius 2 is 1.50 bits per heavy atom. The molecule has 1 aliphatic rings. The fraction of sp³-hybridized carbons (Fsp3) is 0.848. The molecular weight excluding hydrogens is 563 g/mol. The summed E-state index contributed by atoms with van der Waals surface area (Å²) in [6.45, 7) is 29.9. The summed E-state index contributed by atoms with van der Waals surface area (Å²) in [6, 6.07) is 0. The van der Waals surface area contributed by atoms with Crippen LogP contribution in [0.3, 0.4) is 0 Å². The van der Waals surface area contributed by atoms with Crippen LogP contribution in [0.25, 0.3) is 0 Å². The van der Waals surface area contributed by atoms with Crippen molar-refractivity contribution in [1.29, 1.82) is 0 Å². The van der Waals surface area contributed by atoms with E-state index in [1.807, 2.05) is 13.8 Å². The molecule has 244 valence electrons. The van der Waals surface area contributed by atoms with Gasteiger partial charge in [-0.05, 0) is 73.4 Å². The smallest absolute Gasteiger partial charge is 0.298 e. The minimum atomic E-state index is -2.43. The Morgan fingerprint density at radius 1 is 0.952 bits per heavy atom. The first kappa shape index (κ1) is 38.7. The van der Waals surface area contributed by atoms with Crippen molar-refractivity contribution in [3.05, 3.63) is 12.2 Å². The maximum Gasteiger partial charge on any atom is 0.298 e. The summed E-state index contributed by atoms with van der Waals surface area (Å²) in [4.78, 5) is 39.1. The summed E-state index contributed by atoms with van der Waals surface area (Å²) in [5, 5.41) is 3.01. The van der Waals surface area contributed by atoms with E-state index >= 15 is 0 Å². The maximum atomic E-state index is 13.8. The first-order valence-corrected chi connectivity index (χ1v) is 21.2. The molecule has 7 nitrogen and oxygen atoms in total. The van der Waals surface area contributed by atoms with Crippen molar-refractivity contribution < 1.29 is 28.0 Å². The normalized spacial score (nSPS) is 22.1. The van der Waals surface area contributed by atoms with Crippen molar-refractivity contribution in [1.82, 2.24) is 5.32 Å². The molecule has 0 aromatic carbocycles. The molecule has 0 spiro atoms. The fourth-order valence-electron chi connectivity index (χ4n) is 6.08. The van der Waals surface area contributed by atoms with Gasteiger partial charge in [-0.2, -0.15) is 0 Å². The number of ketones is 1. The van der Waals surface area contributed by atoms with E-state index in [9.17, 15) is 14.4 Å². The molecule has 1 rings (SSSR count). The number of carbonyl (C=O) groups is 3. The molecule has 0 aromatic rings. The first-order chi connectivity index (χ1) is 19.2. The van der Waals surface area contributed by atoms with Crippen LogP contribution in [0.2, 0.25) is 34.8 Å². The first-order valence-electron chi connectivity index (χ1n) is 16.2. The van der Waals surface area contributed by atoms with E-state index in [-0.39, 0.29) is 70.4 Å². The van der Waals surface area contributed by atoms with Crippen LogP contribution in [-0.4, -0.2) is 59.2 Å². The van der Waals surface area contributed by atoms with E-state index < -0.39 is 28.7 Å². The zero-order chi connectivity index (χ0) is 32.6. The van der Waals surface area contributed by atoms with Gasteiger partial charge in [-0.25, -0.2) is 0 Å². The number of carbonyl (C=O) groups excluding carboxylic acids is 3. The Kier molecular flexibility index (Phi) is 14.9. The average molecular weight is 626 g/mol. The van der Waals surface area contributed by atoms with Gasteiger partial charge in [0.05, 0.1) is 30.7 Å². The van der Waals surface area contributed by atoms with Gasteiger partial charge in [0.2, 0.25) is 5.91 Å². The second-order valence-corrected chi connectivity index (χ2v) is 25.1. The molecule has 1 amide bonds. The summed E-state index contributed by atoms with van der Waals surface area (Å²) >= 11 is 0. The molecule has 0 aromatic heterocycles. The lowest BCUT2D eigenvalue weighted by molar-refractivity contribution is -0.144.